The smallest absolute Gasteiger partial charge is 0.263 e. The van der Waals surface area contributed by atoms with Crippen molar-refractivity contribution in [2.75, 3.05) is 16.6 Å². The summed E-state index contributed by atoms with van der Waals surface area (Å²) in [5.74, 6) is -0.0957. The molecule has 0 aromatic heterocycles. The number of fused-ring (bicyclic) bond motifs is 1. The summed E-state index contributed by atoms with van der Waals surface area (Å²) < 4.78 is 32.6. The summed E-state index contributed by atoms with van der Waals surface area (Å²) in [6.45, 7) is -0.185. The van der Waals surface area contributed by atoms with Gasteiger partial charge in [-0.05, 0) is 24.3 Å². The Morgan fingerprint density at radius 2 is 1.96 bits per heavy atom. The highest BCUT2D eigenvalue weighted by Crippen LogP contribution is 2.36. The molecule has 1 amide bonds. The van der Waals surface area contributed by atoms with Gasteiger partial charge < -0.3 is 10.1 Å². The molecule has 2 N–H and O–H groups in total. The lowest BCUT2D eigenvalue weighted by atomic mass is 10.2. The fourth-order valence-corrected chi connectivity index (χ4v) is 3.83. The molecule has 0 atom stereocenters. The number of sulfonamides is 1. The number of hydrogen-bond donors (Lipinski definition) is 2. The van der Waals surface area contributed by atoms with Gasteiger partial charge in [0, 0.05) is 11.1 Å². The Morgan fingerprint density at radius 1 is 1.17 bits per heavy atom. The van der Waals surface area contributed by atoms with E-state index in [1.54, 1.807) is 18.2 Å². The van der Waals surface area contributed by atoms with E-state index in [0.29, 0.717) is 16.4 Å². The first-order valence-corrected chi connectivity index (χ1v) is 8.64. The fourth-order valence-electron chi connectivity index (χ4n) is 2.05. The number of anilines is 2. The molecule has 0 fully saturated rings. The van der Waals surface area contributed by atoms with Crippen molar-refractivity contribution >= 4 is 50.5 Å². The van der Waals surface area contributed by atoms with Gasteiger partial charge in [-0.3, -0.25) is 9.52 Å². The van der Waals surface area contributed by atoms with Crippen LogP contribution >= 0.6 is 23.2 Å². The number of ether oxygens (including phenoxy) is 1. The van der Waals surface area contributed by atoms with Crippen LogP contribution in [0.1, 0.15) is 0 Å². The first-order valence-electron chi connectivity index (χ1n) is 6.40. The summed E-state index contributed by atoms with van der Waals surface area (Å²) in [6, 6.07) is 8.88. The van der Waals surface area contributed by atoms with E-state index in [4.69, 9.17) is 27.9 Å². The van der Waals surface area contributed by atoms with Crippen LogP contribution in [0.2, 0.25) is 10.0 Å². The van der Waals surface area contributed by atoms with Crippen LogP contribution in [0.15, 0.2) is 41.3 Å². The van der Waals surface area contributed by atoms with Crippen LogP contribution in [0.5, 0.6) is 5.75 Å². The molecule has 0 radical (unpaired) electrons. The van der Waals surface area contributed by atoms with Gasteiger partial charge in [0.05, 0.1) is 16.4 Å². The Bertz CT molecular complexity index is 900. The molecule has 0 aliphatic carbocycles. The second kappa shape index (κ2) is 5.92. The van der Waals surface area contributed by atoms with E-state index < -0.39 is 10.0 Å². The maximum Gasteiger partial charge on any atom is 0.263 e. The normalized spacial score (nSPS) is 13.7. The zero-order valence-electron chi connectivity index (χ0n) is 11.5. The highest BCUT2D eigenvalue weighted by molar-refractivity contribution is 7.92. The van der Waals surface area contributed by atoms with Gasteiger partial charge in [0.2, 0.25) is 0 Å². The summed E-state index contributed by atoms with van der Waals surface area (Å²) in [6.07, 6.45) is 0. The Labute approximate surface area is 142 Å². The third kappa shape index (κ3) is 3.36. The number of halogens is 2. The van der Waals surface area contributed by atoms with Crippen LogP contribution in [-0.4, -0.2) is 20.9 Å². The third-order valence-electron chi connectivity index (χ3n) is 3.03. The molecule has 1 aliphatic rings. The Balaban J connectivity index is 1.98. The number of rotatable bonds is 3. The van der Waals surface area contributed by atoms with Crippen LogP contribution in [0.4, 0.5) is 11.4 Å². The Kier molecular flexibility index (Phi) is 4.09. The molecule has 120 valence electrons. The molecule has 9 heteroatoms. The topological polar surface area (TPSA) is 84.5 Å². The molecular formula is C14H10Cl2N2O4S. The second-order valence-electron chi connectivity index (χ2n) is 4.73. The zero-order valence-corrected chi connectivity index (χ0v) is 13.8. The van der Waals surface area contributed by atoms with Crippen LogP contribution < -0.4 is 14.8 Å². The van der Waals surface area contributed by atoms with Crippen LogP contribution in [0.3, 0.4) is 0 Å². The number of carbonyl (C=O) groups is 1. The molecule has 0 unspecified atom stereocenters. The number of amides is 1. The number of benzene rings is 2. The van der Waals surface area contributed by atoms with Crippen molar-refractivity contribution in [2.24, 2.45) is 0 Å². The van der Waals surface area contributed by atoms with E-state index in [9.17, 15) is 13.2 Å². The quantitative estimate of drug-likeness (QED) is 0.866. The lowest BCUT2D eigenvalue weighted by molar-refractivity contribution is -0.118. The van der Waals surface area contributed by atoms with Gasteiger partial charge in [-0.1, -0.05) is 29.3 Å². The maximum absolute atomic E-state index is 12.5. The van der Waals surface area contributed by atoms with E-state index >= 15 is 0 Å². The molecule has 0 saturated heterocycles. The van der Waals surface area contributed by atoms with Crippen LogP contribution in [-0.2, 0) is 14.8 Å². The highest BCUT2D eigenvalue weighted by Gasteiger charge is 2.24. The zero-order chi connectivity index (χ0) is 16.6. The molecule has 6 nitrogen and oxygen atoms in total. The molecule has 0 spiro atoms. The lowest BCUT2D eigenvalue weighted by Gasteiger charge is -2.19. The molecule has 23 heavy (non-hydrogen) atoms. The molecule has 0 bridgehead atoms. The average molecular weight is 373 g/mol. The van der Waals surface area contributed by atoms with Gasteiger partial charge in [0.25, 0.3) is 15.9 Å². The molecule has 1 aliphatic heterocycles. The summed E-state index contributed by atoms with van der Waals surface area (Å²) >= 11 is 11.9. The van der Waals surface area contributed by atoms with Crippen LogP contribution in [0.25, 0.3) is 0 Å². The first-order chi connectivity index (χ1) is 10.8. The molecule has 3 rings (SSSR count). The fraction of sp³-hybridized carbons (Fsp3) is 0.0714. The second-order valence-corrected chi connectivity index (χ2v) is 7.23. The molecule has 1 heterocycles. The van der Waals surface area contributed by atoms with E-state index in [0.717, 1.165) is 0 Å². The van der Waals surface area contributed by atoms with Crippen molar-refractivity contribution in [1.82, 2.24) is 0 Å². The third-order valence-corrected chi connectivity index (χ3v) is 5.11. The number of carbonyl (C=O) groups excluding carboxylic acids is 1. The molecule has 2 aromatic rings. The van der Waals surface area contributed by atoms with Gasteiger partial charge in [-0.25, -0.2) is 8.42 Å². The lowest BCUT2D eigenvalue weighted by Crippen LogP contribution is -2.25. The van der Waals surface area contributed by atoms with Gasteiger partial charge in [-0.15, -0.1) is 0 Å². The SMILES string of the molecule is O=C1COc2cc(S(=O)(=O)Nc3cccc(Cl)c3)c(Cl)cc2N1. The Hall–Kier alpha value is -1.96. The summed E-state index contributed by atoms with van der Waals surface area (Å²) in [5.41, 5.74) is 0.633. The summed E-state index contributed by atoms with van der Waals surface area (Å²) in [7, 11) is -3.94. The molecule has 2 aromatic carbocycles. The van der Waals surface area contributed by atoms with Crippen molar-refractivity contribution < 1.29 is 17.9 Å². The first kappa shape index (κ1) is 15.9. The summed E-state index contributed by atoms with van der Waals surface area (Å²) in [4.78, 5) is 11.1. The maximum atomic E-state index is 12.5. The average Bonchev–Trinajstić information content (AvgIpc) is 2.45. The highest BCUT2D eigenvalue weighted by atomic mass is 35.5. The van der Waals surface area contributed by atoms with Crippen molar-refractivity contribution in [2.45, 2.75) is 4.90 Å². The predicted octanol–water partition coefficient (Wildman–Crippen LogP) is 3.13. The van der Waals surface area contributed by atoms with Crippen LogP contribution in [0, 0.1) is 0 Å². The minimum absolute atomic E-state index is 0.0379. The van der Waals surface area contributed by atoms with E-state index in [-0.39, 0.29) is 28.2 Å². The number of nitrogens with one attached hydrogen (secondary N) is 2. The van der Waals surface area contributed by atoms with Crippen molar-refractivity contribution in [3.05, 3.63) is 46.4 Å². The van der Waals surface area contributed by atoms with Gasteiger partial charge in [0.1, 0.15) is 10.6 Å². The van der Waals surface area contributed by atoms with E-state index in [1.165, 1.54) is 18.2 Å². The molecular weight excluding hydrogens is 363 g/mol. The van der Waals surface area contributed by atoms with Gasteiger partial charge in [-0.2, -0.15) is 0 Å². The monoisotopic (exact) mass is 372 g/mol. The standard InChI is InChI=1S/C14H10Cl2N2O4S/c15-8-2-1-3-9(4-8)18-23(20,21)13-6-12-11(5-10(13)16)17-14(19)7-22-12/h1-6,18H,7H2,(H,17,19). The predicted molar refractivity (Wildman–Crippen MR) is 87.8 cm³/mol. The van der Waals surface area contributed by atoms with Crippen molar-refractivity contribution in [1.29, 1.82) is 0 Å². The van der Waals surface area contributed by atoms with Gasteiger partial charge >= 0.3 is 0 Å². The number of hydrogen-bond acceptors (Lipinski definition) is 4. The van der Waals surface area contributed by atoms with Crippen molar-refractivity contribution in [3.8, 4) is 5.75 Å². The largest absolute Gasteiger partial charge is 0.482 e. The van der Waals surface area contributed by atoms with Crippen molar-refractivity contribution in [3.63, 3.8) is 0 Å². The van der Waals surface area contributed by atoms with Gasteiger partial charge in [0.15, 0.2) is 6.61 Å². The summed E-state index contributed by atoms with van der Waals surface area (Å²) in [5, 5.41) is 2.91. The van der Waals surface area contributed by atoms with E-state index in [2.05, 4.69) is 10.0 Å². The minimum Gasteiger partial charge on any atom is -0.482 e. The Morgan fingerprint density at radius 3 is 2.70 bits per heavy atom. The minimum atomic E-state index is -3.94. The molecule has 0 saturated carbocycles. The van der Waals surface area contributed by atoms with E-state index in [1.807, 2.05) is 0 Å².